The molecule has 0 aliphatic carbocycles. The number of nitrogens with one attached hydrogen (secondary N) is 2. The average Bonchev–Trinajstić information content (AvgIpc) is 2.54. The first-order valence-electron chi connectivity index (χ1n) is 7.20. The van der Waals surface area contributed by atoms with Gasteiger partial charge in [0.05, 0.1) is 11.4 Å². The van der Waals surface area contributed by atoms with Crippen LogP contribution >= 0.6 is 23.5 Å². The van der Waals surface area contributed by atoms with Crippen LogP contribution in [0.3, 0.4) is 0 Å². The van der Waals surface area contributed by atoms with Gasteiger partial charge >= 0.3 is 5.97 Å². The quantitative estimate of drug-likeness (QED) is 0.768. The molecule has 8 heteroatoms. The third kappa shape index (κ3) is 3.32. The van der Waals surface area contributed by atoms with Crippen LogP contribution in [-0.4, -0.2) is 45.7 Å². The minimum atomic E-state index is -1.20. The van der Waals surface area contributed by atoms with E-state index >= 15 is 0 Å². The summed E-state index contributed by atoms with van der Waals surface area (Å²) in [5.41, 5.74) is -0.246. The summed E-state index contributed by atoms with van der Waals surface area (Å²) >= 11 is 3.11. The number of anilines is 1. The van der Waals surface area contributed by atoms with Gasteiger partial charge in [-0.2, -0.15) is 11.8 Å². The van der Waals surface area contributed by atoms with Gasteiger partial charge in [0.25, 0.3) is 5.91 Å². The van der Waals surface area contributed by atoms with Gasteiger partial charge in [-0.15, -0.1) is 11.8 Å². The first kappa shape index (κ1) is 16.2. The number of rotatable bonds is 3. The van der Waals surface area contributed by atoms with Gasteiger partial charge in [-0.3, -0.25) is 9.59 Å². The van der Waals surface area contributed by atoms with Crippen molar-refractivity contribution in [1.29, 1.82) is 0 Å². The molecule has 0 radical (unpaired) electrons. The van der Waals surface area contributed by atoms with Crippen LogP contribution in [0.15, 0.2) is 23.1 Å². The fraction of sp³-hybridized carbons (Fsp3) is 0.400. The van der Waals surface area contributed by atoms with E-state index < -0.39 is 17.4 Å². The average molecular weight is 352 g/mol. The van der Waals surface area contributed by atoms with E-state index in [9.17, 15) is 19.5 Å². The summed E-state index contributed by atoms with van der Waals surface area (Å²) in [5.74, 6) is 0.261. The molecule has 23 heavy (non-hydrogen) atoms. The topological polar surface area (TPSA) is 95.5 Å². The van der Waals surface area contributed by atoms with Crippen molar-refractivity contribution in [2.75, 3.05) is 22.6 Å². The van der Waals surface area contributed by atoms with Crippen LogP contribution in [0.2, 0.25) is 0 Å². The second-order valence-corrected chi connectivity index (χ2v) is 7.74. The van der Waals surface area contributed by atoms with Gasteiger partial charge in [0.2, 0.25) is 5.91 Å². The Morgan fingerprint density at radius 2 is 2.00 bits per heavy atom. The number of amides is 2. The minimum Gasteiger partial charge on any atom is -0.480 e. The number of carbonyl (C=O) groups excluding carboxylic acids is 2. The van der Waals surface area contributed by atoms with E-state index in [1.807, 2.05) is 0 Å². The zero-order valence-electron chi connectivity index (χ0n) is 12.3. The van der Waals surface area contributed by atoms with Gasteiger partial charge in [-0.05, 0) is 42.5 Å². The first-order chi connectivity index (χ1) is 11.0. The third-order valence-electron chi connectivity index (χ3n) is 3.98. The Kier molecular flexibility index (Phi) is 4.54. The van der Waals surface area contributed by atoms with E-state index in [2.05, 4.69) is 10.6 Å². The number of fused-ring (bicyclic) bond motifs is 1. The van der Waals surface area contributed by atoms with Crippen molar-refractivity contribution >= 4 is 47.0 Å². The van der Waals surface area contributed by atoms with Crippen LogP contribution in [0.5, 0.6) is 0 Å². The predicted molar refractivity (Wildman–Crippen MR) is 90.2 cm³/mol. The van der Waals surface area contributed by atoms with Crippen molar-refractivity contribution in [1.82, 2.24) is 5.32 Å². The molecule has 2 aliphatic rings. The highest BCUT2D eigenvalue weighted by Crippen LogP contribution is 2.32. The van der Waals surface area contributed by atoms with E-state index in [1.165, 1.54) is 11.8 Å². The lowest BCUT2D eigenvalue weighted by molar-refractivity contribution is -0.144. The standard InChI is InChI=1S/C15H16N2O4S2/c18-12-8-23-11-2-1-9(7-10(11)16-12)13(19)17-15(14(20)21)3-5-22-6-4-15/h1-2,7H,3-6,8H2,(H,16,18)(H,17,19)(H,20,21). The van der Waals surface area contributed by atoms with E-state index in [0.717, 1.165) is 4.90 Å². The van der Waals surface area contributed by atoms with Gasteiger partial charge in [0.1, 0.15) is 5.54 Å². The van der Waals surface area contributed by atoms with Gasteiger partial charge in [0.15, 0.2) is 0 Å². The normalized spacial score (nSPS) is 19.4. The molecule has 0 atom stereocenters. The largest absolute Gasteiger partial charge is 0.480 e. The van der Waals surface area contributed by atoms with Crippen LogP contribution in [0, 0.1) is 0 Å². The summed E-state index contributed by atoms with van der Waals surface area (Å²) < 4.78 is 0. The number of aliphatic carboxylic acids is 1. The van der Waals surface area contributed by atoms with Gasteiger partial charge in [-0.1, -0.05) is 0 Å². The van der Waals surface area contributed by atoms with Crippen LogP contribution in [0.4, 0.5) is 5.69 Å². The number of hydrogen-bond acceptors (Lipinski definition) is 5. The molecular weight excluding hydrogens is 336 g/mol. The lowest BCUT2D eigenvalue weighted by Gasteiger charge is -2.33. The van der Waals surface area contributed by atoms with Crippen molar-refractivity contribution in [2.24, 2.45) is 0 Å². The molecule has 3 N–H and O–H groups in total. The Morgan fingerprint density at radius 1 is 1.26 bits per heavy atom. The molecule has 1 fully saturated rings. The van der Waals surface area contributed by atoms with Gasteiger partial charge < -0.3 is 15.7 Å². The molecule has 3 rings (SSSR count). The molecule has 2 heterocycles. The van der Waals surface area contributed by atoms with Crippen LogP contribution in [-0.2, 0) is 9.59 Å². The van der Waals surface area contributed by atoms with Crippen molar-refractivity contribution in [2.45, 2.75) is 23.3 Å². The zero-order chi connectivity index (χ0) is 16.4. The maximum Gasteiger partial charge on any atom is 0.329 e. The molecular formula is C15H16N2O4S2. The number of carbonyl (C=O) groups is 3. The summed E-state index contributed by atoms with van der Waals surface area (Å²) in [7, 11) is 0. The monoisotopic (exact) mass is 352 g/mol. The molecule has 2 aliphatic heterocycles. The fourth-order valence-electron chi connectivity index (χ4n) is 2.63. The van der Waals surface area contributed by atoms with E-state index in [1.54, 1.807) is 30.0 Å². The minimum absolute atomic E-state index is 0.105. The Labute approximate surface area is 141 Å². The van der Waals surface area contributed by atoms with Gasteiger partial charge in [0, 0.05) is 10.5 Å². The van der Waals surface area contributed by atoms with Crippen molar-refractivity contribution in [3.05, 3.63) is 23.8 Å². The van der Waals surface area contributed by atoms with Crippen LogP contribution < -0.4 is 10.6 Å². The molecule has 0 saturated carbocycles. The molecule has 0 unspecified atom stereocenters. The maximum absolute atomic E-state index is 12.5. The van der Waals surface area contributed by atoms with E-state index in [-0.39, 0.29) is 5.91 Å². The van der Waals surface area contributed by atoms with Crippen molar-refractivity contribution < 1.29 is 19.5 Å². The number of carboxylic acid groups (broad SMARTS) is 1. The second kappa shape index (κ2) is 6.45. The molecule has 1 saturated heterocycles. The Bertz CT molecular complexity index is 671. The Balaban J connectivity index is 1.81. The summed E-state index contributed by atoms with van der Waals surface area (Å²) in [4.78, 5) is 36.5. The lowest BCUT2D eigenvalue weighted by Crippen LogP contribution is -2.56. The third-order valence-corrected chi connectivity index (χ3v) is 6.04. The zero-order valence-corrected chi connectivity index (χ0v) is 13.9. The fourth-order valence-corrected chi connectivity index (χ4v) is 4.60. The van der Waals surface area contributed by atoms with Crippen molar-refractivity contribution in [3.8, 4) is 0 Å². The molecule has 6 nitrogen and oxygen atoms in total. The molecule has 2 amide bonds. The van der Waals surface area contributed by atoms with Crippen LogP contribution in [0.25, 0.3) is 0 Å². The highest BCUT2D eigenvalue weighted by Gasteiger charge is 2.41. The number of carboxylic acids is 1. The highest BCUT2D eigenvalue weighted by atomic mass is 32.2. The van der Waals surface area contributed by atoms with Crippen molar-refractivity contribution in [3.63, 3.8) is 0 Å². The summed E-state index contributed by atoms with van der Waals surface area (Å²) in [6.45, 7) is 0. The predicted octanol–water partition coefficient (Wildman–Crippen LogP) is 1.81. The summed E-state index contributed by atoms with van der Waals surface area (Å²) in [5, 5.41) is 15.0. The summed E-state index contributed by atoms with van der Waals surface area (Å²) in [6.07, 6.45) is 0.826. The maximum atomic E-state index is 12.5. The van der Waals surface area contributed by atoms with Gasteiger partial charge in [-0.25, -0.2) is 4.79 Å². The highest BCUT2D eigenvalue weighted by molar-refractivity contribution is 8.00. The SMILES string of the molecule is O=C1CSc2ccc(C(=O)NC3(C(=O)O)CCSCC3)cc2N1. The number of benzene rings is 1. The van der Waals surface area contributed by atoms with E-state index in [4.69, 9.17) is 0 Å². The molecule has 122 valence electrons. The molecule has 1 aromatic carbocycles. The summed E-state index contributed by atoms with van der Waals surface area (Å²) in [6, 6.07) is 5.03. The Hall–Kier alpha value is -1.67. The van der Waals surface area contributed by atoms with Crippen LogP contribution in [0.1, 0.15) is 23.2 Å². The van der Waals surface area contributed by atoms with E-state index in [0.29, 0.717) is 41.4 Å². The molecule has 0 spiro atoms. The lowest BCUT2D eigenvalue weighted by atomic mass is 9.92. The smallest absolute Gasteiger partial charge is 0.329 e. The first-order valence-corrected chi connectivity index (χ1v) is 9.35. The molecule has 0 bridgehead atoms. The molecule has 1 aromatic rings. The Morgan fingerprint density at radius 3 is 2.70 bits per heavy atom. The number of hydrogen-bond donors (Lipinski definition) is 3. The number of thioether (sulfide) groups is 2. The molecule has 0 aromatic heterocycles. The second-order valence-electron chi connectivity index (χ2n) is 5.50.